The molecule has 0 aliphatic heterocycles. The number of nitrogen functional groups attached to an aromatic ring is 1. The van der Waals surface area contributed by atoms with Crippen LogP contribution in [-0.4, -0.2) is 10.2 Å². The fourth-order valence-electron chi connectivity index (χ4n) is 0.869. The van der Waals surface area contributed by atoms with Gasteiger partial charge >= 0.3 is 0 Å². The number of rotatable bonds is 2. The zero-order chi connectivity index (χ0) is 9.84. The number of pyridine rings is 1. The third kappa shape index (κ3) is 2.36. The van der Waals surface area contributed by atoms with Crippen LogP contribution in [0.15, 0.2) is 17.3 Å². The Balaban J connectivity index is 3.03. The van der Waals surface area contributed by atoms with Gasteiger partial charge in [0.05, 0.1) is 11.3 Å². The lowest BCUT2D eigenvalue weighted by molar-refractivity contribution is 1.07. The van der Waals surface area contributed by atoms with Crippen LogP contribution >= 0.6 is 11.8 Å². The van der Waals surface area contributed by atoms with Crippen LogP contribution in [0.2, 0.25) is 0 Å². The van der Waals surface area contributed by atoms with E-state index in [1.54, 1.807) is 24.0 Å². The van der Waals surface area contributed by atoms with Crippen LogP contribution in [0, 0.1) is 11.3 Å². The molecular weight excluding hydrogens is 182 g/mol. The molecule has 1 aromatic heterocycles. The molecule has 68 valence electrons. The Labute approximate surface area is 82.0 Å². The van der Waals surface area contributed by atoms with Crippen LogP contribution in [0.25, 0.3) is 0 Å². The molecule has 0 aliphatic carbocycles. The molecule has 0 aliphatic rings. The van der Waals surface area contributed by atoms with E-state index in [-0.39, 0.29) is 0 Å². The molecule has 0 unspecified atom stereocenters. The van der Waals surface area contributed by atoms with E-state index in [2.05, 4.69) is 18.8 Å². The summed E-state index contributed by atoms with van der Waals surface area (Å²) in [6, 6.07) is 3.66. The summed E-state index contributed by atoms with van der Waals surface area (Å²) < 4.78 is 0. The maximum atomic E-state index is 8.71. The van der Waals surface area contributed by atoms with E-state index in [1.807, 2.05) is 6.07 Å². The summed E-state index contributed by atoms with van der Waals surface area (Å²) in [6.45, 7) is 4.12. The maximum Gasteiger partial charge on any atom is 0.121 e. The summed E-state index contributed by atoms with van der Waals surface area (Å²) in [6.07, 6.45) is 1.61. The Morgan fingerprint density at radius 3 is 2.85 bits per heavy atom. The van der Waals surface area contributed by atoms with Crippen molar-refractivity contribution in [1.82, 2.24) is 4.98 Å². The lowest BCUT2D eigenvalue weighted by atomic mass is 10.2. The van der Waals surface area contributed by atoms with Crippen LogP contribution in [0.5, 0.6) is 0 Å². The minimum Gasteiger partial charge on any atom is -0.395 e. The van der Waals surface area contributed by atoms with Crippen molar-refractivity contribution in [3.63, 3.8) is 0 Å². The topological polar surface area (TPSA) is 62.7 Å². The van der Waals surface area contributed by atoms with Crippen molar-refractivity contribution >= 4 is 17.4 Å². The largest absolute Gasteiger partial charge is 0.395 e. The highest BCUT2D eigenvalue weighted by molar-refractivity contribution is 7.99. The highest BCUT2D eigenvalue weighted by Gasteiger charge is 2.07. The third-order valence-electron chi connectivity index (χ3n) is 1.42. The molecule has 0 bridgehead atoms. The van der Waals surface area contributed by atoms with E-state index < -0.39 is 0 Å². The average Bonchev–Trinajstić information content (AvgIpc) is 2.08. The van der Waals surface area contributed by atoms with Gasteiger partial charge in [-0.25, -0.2) is 4.98 Å². The molecular formula is C9H11N3S. The van der Waals surface area contributed by atoms with E-state index in [1.165, 1.54) is 0 Å². The second kappa shape index (κ2) is 4.15. The molecule has 13 heavy (non-hydrogen) atoms. The standard InChI is InChI=1S/C9H11N3S/c1-6(2)13-9-8(11)7(5-10)3-4-12-9/h3-4,6H,11H2,1-2H3. The van der Waals surface area contributed by atoms with Gasteiger partial charge in [-0.1, -0.05) is 13.8 Å². The van der Waals surface area contributed by atoms with E-state index in [9.17, 15) is 0 Å². The quantitative estimate of drug-likeness (QED) is 0.730. The predicted octanol–water partition coefficient (Wildman–Crippen LogP) is 2.04. The third-order valence-corrected chi connectivity index (χ3v) is 2.44. The normalized spacial score (nSPS) is 10.0. The molecule has 0 fully saturated rings. The van der Waals surface area contributed by atoms with Gasteiger partial charge in [-0.15, -0.1) is 11.8 Å². The minimum atomic E-state index is 0.420. The summed E-state index contributed by atoms with van der Waals surface area (Å²) in [5.41, 5.74) is 6.72. The summed E-state index contributed by atoms with van der Waals surface area (Å²) in [5, 5.41) is 9.87. The number of nitriles is 1. The van der Waals surface area contributed by atoms with Crippen molar-refractivity contribution in [2.45, 2.75) is 24.1 Å². The highest BCUT2D eigenvalue weighted by atomic mass is 32.2. The lowest BCUT2D eigenvalue weighted by Crippen LogP contribution is -1.98. The molecule has 0 amide bonds. The van der Waals surface area contributed by atoms with Gasteiger partial charge in [-0.05, 0) is 6.07 Å². The van der Waals surface area contributed by atoms with Gasteiger partial charge in [0, 0.05) is 11.4 Å². The van der Waals surface area contributed by atoms with Crippen LogP contribution in [0.3, 0.4) is 0 Å². The fourth-order valence-corrected chi connectivity index (χ4v) is 1.67. The molecule has 1 heterocycles. The van der Waals surface area contributed by atoms with Gasteiger partial charge in [0.1, 0.15) is 11.1 Å². The number of hydrogen-bond donors (Lipinski definition) is 1. The Bertz CT molecular complexity index is 341. The van der Waals surface area contributed by atoms with Gasteiger partial charge in [0.25, 0.3) is 0 Å². The van der Waals surface area contributed by atoms with Gasteiger partial charge in [0.2, 0.25) is 0 Å². The monoisotopic (exact) mass is 193 g/mol. The first-order valence-electron chi connectivity index (χ1n) is 3.96. The van der Waals surface area contributed by atoms with Crippen molar-refractivity contribution in [2.24, 2.45) is 0 Å². The van der Waals surface area contributed by atoms with Gasteiger partial charge in [-0.3, -0.25) is 0 Å². The number of thioether (sulfide) groups is 1. The molecule has 2 N–H and O–H groups in total. The molecule has 4 heteroatoms. The van der Waals surface area contributed by atoms with Crippen molar-refractivity contribution in [2.75, 3.05) is 5.73 Å². The number of nitrogens with zero attached hydrogens (tertiary/aromatic N) is 2. The van der Waals surface area contributed by atoms with Crippen molar-refractivity contribution < 1.29 is 0 Å². The maximum absolute atomic E-state index is 8.71. The van der Waals surface area contributed by atoms with E-state index in [4.69, 9.17) is 11.0 Å². The Kier molecular flexibility index (Phi) is 3.15. The van der Waals surface area contributed by atoms with E-state index in [0.717, 1.165) is 5.03 Å². The lowest BCUT2D eigenvalue weighted by Gasteiger charge is -2.06. The second-order valence-corrected chi connectivity index (χ2v) is 4.42. The van der Waals surface area contributed by atoms with Crippen molar-refractivity contribution in [3.05, 3.63) is 17.8 Å². The second-order valence-electron chi connectivity index (χ2n) is 2.86. The Morgan fingerprint density at radius 1 is 1.62 bits per heavy atom. The smallest absolute Gasteiger partial charge is 0.121 e. The average molecular weight is 193 g/mol. The number of nitrogens with two attached hydrogens (primary N) is 1. The zero-order valence-electron chi connectivity index (χ0n) is 7.61. The molecule has 3 nitrogen and oxygen atoms in total. The van der Waals surface area contributed by atoms with Crippen molar-refractivity contribution in [1.29, 1.82) is 5.26 Å². The van der Waals surface area contributed by atoms with Gasteiger partial charge in [0.15, 0.2) is 0 Å². The predicted molar refractivity (Wildman–Crippen MR) is 54.4 cm³/mol. The van der Waals surface area contributed by atoms with Crippen molar-refractivity contribution in [3.8, 4) is 6.07 Å². The Morgan fingerprint density at radius 2 is 2.31 bits per heavy atom. The summed E-state index contributed by atoms with van der Waals surface area (Å²) >= 11 is 1.57. The van der Waals surface area contributed by atoms with Gasteiger partial charge in [-0.2, -0.15) is 5.26 Å². The summed E-state index contributed by atoms with van der Waals surface area (Å²) in [4.78, 5) is 4.11. The molecule has 0 spiro atoms. The molecule has 0 saturated carbocycles. The molecule has 1 rings (SSSR count). The molecule has 0 radical (unpaired) electrons. The zero-order valence-corrected chi connectivity index (χ0v) is 8.43. The molecule has 0 aromatic carbocycles. The molecule has 0 atom stereocenters. The van der Waals surface area contributed by atoms with E-state index in [0.29, 0.717) is 16.5 Å². The summed E-state index contributed by atoms with van der Waals surface area (Å²) in [7, 11) is 0. The van der Waals surface area contributed by atoms with Crippen LogP contribution in [0.4, 0.5) is 5.69 Å². The van der Waals surface area contributed by atoms with Crippen LogP contribution in [-0.2, 0) is 0 Å². The van der Waals surface area contributed by atoms with Crippen LogP contribution in [0.1, 0.15) is 19.4 Å². The first-order chi connectivity index (χ1) is 6.15. The Hall–Kier alpha value is -1.21. The van der Waals surface area contributed by atoms with Crippen LogP contribution < -0.4 is 5.73 Å². The minimum absolute atomic E-state index is 0.420. The summed E-state index contributed by atoms with van der Waals surface area (Å²) in [5.74, 6) is 0. The van der Waals surface area contributed by atoms with E-state index >= 15 is 0 Å². The fraction of sp³-hybridized carbons (Fsp3) is 0.333. The number of anilines is 1. The highest BCUT2D eigenvalue weighted by Crippen LogP contribution is 2.27. The SMILES string of the molecule is CC(C)Sc1nccc(C#N)c1N. The molecule has 1 aromatic rings. The first kappa shape index (κ1) is 9.87. The number of hydrogen-bond acceptors (Lipinski definition) is 4. The number of aromatic nitrogens is 1. The van der Waals surface area contributed by atoms with Gasteiger partial charge < -0.3 is 5.73 Å². The molecule has 0 saturated heterocycles. The first-order valence-corrected chi connectivity index (χ1v) is 4.84.